The molecule has 0 unspecified atom stereocenters. The summed E-state index contributed by atoms with van der Waals surface area (Å²) in [5, 5.41) is 28.4. The van der Waals surface area contributed by atoms with Gasteiger partial charge in [-0.2, -0.15) is 65.5 Å². The van der Waals surface area contributed by atoms with Crippen LogP contribution in [0.15, 0.2) is 135 Å². The second-order valence-electron chi connectivity index (χ2n) is 15.1. The average molecular weight is 1230 g/mol. The summed E-state index contributed by atoms with van der Waals surface area (Å²) in [6.07, 6.45) is 0. The van der Waals surface area contributed by atoms with Crippen molar-refractivity contribution in [3.05, 3.63) is 90.2 Å². The highest BCUT2D eigenvalue weighted by Gasteiger charge is 2.30. The summed E-state index contributed by atoms with van der Waals surface area (Å²) in [4.78, 5) is 5.81. The SMILES string of the molecule is Nc1c(N=Nc2ccc3c(S(=O)(=O)O)cccc3c2S(=O)(=O)O)c(S(=O)(=O)O)cc2cc(S(=O)(=O)O)c(N=Nc3cc(Nc4nc(Cl)nc(Nc5cccc(S(=O)(=O)CCOS(=O)(=O)O)c5)n4)ccc3S(=O)(=O)O)c(O)c12. The van der Waals surface area contributed by atoms with Crippen molar-refractivity contribution < 1.29 is 95.5 Å². The number of nitrogens with one attached hydrogen (secondary N) is 2. The van der Waals surface area contributed by atoms with Crippen molar-refractivity contribution in [2.75, 3.05) is 28.7 Å². The number of halogens is 1. The highest BCUT2D eigenvalue weighted by atomic mass is 35.5. The Morgan fingerprint density at radius 3 is 1.66 bits per heavy atom. The quantitative estimate of drug-likeness (QED) is 0.0297. The van der Waals surface area contributed by atoms with E-state index in [1.807, 2.05) is 0 Å². The van der Waals surface area contributed by atoms with E-state index >= 15 is 0 Å². The first-order valence-corrected chi connectivity index (χ1v) is 30.4. The van der Waals surface area contributed by atoms with Crippen LogP contribution in [0.5, 0.6) is 5.75 Å². The van der Waals surface area contributed by atoms with Crippen molar-refractivity contribution in [2.24, 2.45) is 20.5 Å². The van der Waals surface area contributed by atoms with E-state index < -0.39 is 175 Å². The van der Waals surface area contributed by atoms with Gasteiger partial charge in [-0.25, -0.2) is 12.6 Å². The van der Waals surface area contributed by atoms with Crippen molar-refractivity contribution in [1.29, 1.82) is 0 Å². The number of hydrogen-bond acceptors (Lipinski definition) is 26. The molecule has 1 aromatic heterocycles. The summed E-state index contributed by atoms with van der Waals surface area (Å²) in [7, 11) is -35.9. The predicted molar refractivity (Wildman–Crippen MR) is 265 cm³/mol. The molecule has 7 rings (SSSR count). The minimum atomic E-state index is -5.58. The zero-order valence-electron chi connectivity index (χ0n) is 37.2. The van der Waals surface area contributed by atoms with Gasteiger partial charge in [-0.3, -0.25) is 27.3 Å². The van der Waals surface area contributed by atoms with Crippen molar-refractivity contribution in [3.8, 4) is 5.75 Å². The monoisotopic (exact) mass is 1220 g/mol. The molecule has 0 amide bonds. The summed E-state index contributed by atoms with van der Waals surface area (Å²) < 4.78 is 236. The van der Waals surface area contributed by atoms with Crippen LogP contribution in [-0.2, 0) is 75.0 Å². The highest BCUT2D eigenvalue weighted by Crippen LogP contribution is 2.49. The molecule has 0 aliphatic rings. The molecule has 0 saturated heterocycles. The molecule has 0 aliphatic heterocycles. The fourth-order valence-electron chi connectivity index (χ4n) is 6.92. The zero-order valence-corrected chi connectivity index (χ0v) is 43.7. The van der Waals surface area contributed by atoms with Gasteiger partial charge in [0, 0.05) is 22.1 Å². The Bertz CT molecular complexity index is 4550. The molecule has 0 saturated carbocycles. The molecule has 77 heavy (non-hydrogen) atoms. The molecule has 11 N–H and O–H groups in total. The lowest BCUT2D eigenvalue weighted by Crippen LogP contribution is -2.15. The van der Waals surface area contributed by atoms with Crippen LogP contribution in [0.4, 0.5) is 51.7 Å². The molecule has 1 heterocycles. The van der Waals surface area contributed by atoms with Crippen LogP contribution in [0, 0.1) is 0 Å². The lowest BCUT2D eigenvalue weighted by molar-refractivity contribution is 0.283. The summed E-state index contributed by atoms with van der Waals surface area (Å²) >= 11 is 6.10. The molecule has 0 radical (unpaired) electrons. The maximum Gasteiger partial charge on any atom is 0.397 e. The number of aromatic hydroxyl groups is 1. The highest BCUT2D eigenvalue weighted by molar-refractivity contribution is 7.91. The number of benzene rings is 6. The van der Waals surface area contributed by atoms with Crippen molar-refractivity contribution in [2.45, 2.75) is 29.4 Å². The van der Waals surface area contributed by atoms with Gasteiger partial charge in [-0.1, -0.05) is 24.3 Å². The number of azo groups is 2. The molecule has 0 fully saturated rings. The fraction of sp³-hybridized carbons (Fsp3) is 0.0541. The van der Waals surface area contributed by atoms with E-state index in [1.165, 1.54) is 12.1 Å². The van der Waals surface area contributed by atoms with Gasteiger partial charge in [0.05, 0.1) is 28.3 Å². The van der Waals surface area contributed by atoms with E-state index in [2.05, 4.69) is 50.2 Å². The smallest absolute Gasteiger partial charge is 0.397 e. The third-order valence-electron chi connectivity index (χ3n) is 10.0. The standard InChI is InChI=1S/C37H29ClN10O22S7/c38-35-42-36(40-18-3-1-4-20(15-18)71(50,51)12-11-70-77(67,68)69)44-37(43-35)41-19-7-10-26(73(55,56)57)24(16-19)46-48-32-28(75(61,62)63)14-17-13-27(74(58,59)60)31(30(39)29(17)33(32)49)47-45-23-9-8-21-22(34(23)76(64,65)66)5-2-6-25(21)72(52,53)54/h1-10,13-16,49H,11-12,39H2,(H,52,53,54)(H,55,56,57)(H,58,59,60)(H,61,62,63)(H,64,65,66)(H,67,68,69)(H2,40,41,42,43,44). The number of anilines is 5. The molecular weight excluding hydrogens is 1200 g/mol. The van der Waals surface area contributed by atoms with Gasteiger partial charge in [0.25, 0.3) is 50.6 Å². The number of nitrogens with two attached hydrogens (primary N) is 1. The Morgan fingerprint density at radius 2 is 1.09 bits per heavy atom. The van der Waals surface area contributed by atoms with Gasteiger partial charge < -0.3 is 21.5 Å². The third kappa shape index (κ3) is 13.2. The van der Waals surface area contributed by atoms with Gasteiger partial charge in [0.15, 0.2) is 15.6 Å². The summed E-state index contributed by atoms with van der Waals surface area (Å²) in [5.74, 6) is -3.04. The molecule has 0 spiro atoms. The summed E-state index contributed by atoms with van der Waals surface area (Å²) in [5.41, 5.74) is 0.934. The number of sulfone groups is 1. The van der Waals surface area contributed by atoms with Crippen LogP contribution in [-0.4, -0.2) is 119 Å². The zero-order chi connectivity index (χ0) is 57.0. The molecule has 0 aliphatic carbocycles. The van der Waals surface area contributed by atoms with Crippen LogP contribution in [0.1, 0.15) is 0 Å². The molecule has 408 valence electrons. The lowest BCUT2D eigenvalue weighted by Gasteiger charge is -2.14. The Balaban J connectivity index is 1.30. The minimum Gasteiger partial charge on any atom is -0.505 e. The number of hydrogen-bond donors (Lipinski definition) is 10. The Labute approximate surface area is 438 Å². The average Bonchev–Trinajstić information content (AvgIpc) is 3.30. The Morgan fingerprint density at radius 1 is 0.545 bits per heavy atom. The van der Waals surface area contributed by atoms with Crippen molar-refractivity contribution in [3.63, 3.8) is 0 Å². The van der Waals surface area contributed by atoms with Gasteiger partial charge >= 0.3 is 10.4 Å². The molecule has 0 atom stereocenters. The minimum absolute atomic E-state index is 0.0223. The molecule has 32 nitrogen and oxygen atoms in total. The second kappa shape index (κ2) is 20.7. The third-order valence-corrected chi connectivity index (χ3v) is 16.8. The van der Waals surface area contributed by atoms with Gasteiger partial charge in [-0.05, 0) is 77.7 Å². The normalized spacial score (nSPS) is 13.2. The van der Waals surface area contributed by atoms with E-state index in [-0.39, 0.29) is 22.2 Å². The Kier molecular flexibility index (Phi) is 15.5. The molecule has 6 aromatic carbocycles. The Hall–Kier alpha value is -7.09. The molecular formula is C37H29ClN10O22S7. The van der Waals surface area contributed by atoms with Crippen LogP contribution >= 0.6 is 11.6 Å². The number of nitrogens with zero attached hydrogens (tertiary/aromatic N) is 7. The number of nitrogen functional groups attached to an aromatic ring is 1. The number of rotatable bonds is 18. The largest absolute Gasteiger partial charge is 0.505 e. The van der Waals surface area contributed by atoms with Crippen LogP contribution in [0.2, 0.25) is 5.28 Å². The number of phenolic OH excluding ortho intramolecular Hbond substituents is 1. The van der Waals surface area contributed by atoms with Crippen LogP contribution in [0.25, 0.3) is 21.5 Å². The predicted octanol–water partition coefficient (Wildman–Crippen LogP) is 5.26. The van der Waals surface area contributed by atoms with Crippen molar-refractivity contribution >= 4 is 156 Å². The van der Waals surface area contributed by atoms with Crippen molar-refractivity contribution in [1.82, 2.24) is 15.0 Å². The van der Waals surface area contributed by atoms with E-state index in [1.54, 1.807) is 0 Å². The first-order valence-electron chi connectivity index (χ1n) is 19.9. The number of aromatic nitrogens is 3. The van der Waals surface area contributed by atoms with E-state index in [0.29, 0.717) is 12.1 Å². The first kappa shape index (κ1) is 57.6. The van der Waals surface area contributed by atoms with E-state index in [9.17, 15) is 86.8 Å². The van der Waals surface area contributed by atoms with E-state index in [4.69, 9.17) is 21.9 Å². The van der Waals surface area contributed by atoms with Crippen LogP contribution < -0.4 is 16.4 Å². The lowest BCUT2D eigenvalue weighted by atomic mass is 10.1. The summed E-state index contributed by atoms with van der Waals surface area (Å²) in [6.45, 7) is -0.921. The summed E-state index contributed by atoms with van der Waals surface area (Å²) in [6, 6.07) is 12.8. The molecule has 0 bridgehead atoms. The molecule has 40 heteroatoms. The number of phenols is 1. The van der Waals surface area contributed by atoms with Crippen LogP contribution in [0.3, 0.4) is 0 Å². The molecule has 7 aromatic rings. The van der Waals surface area contributed by atoms with E-state index in [0.717, 1.165) is 60.7 Å². The maximum absolute atomic E-state index is 12.8. The van der Waals surface area contributed by atoms with Gasteiger partial charge in [0.1, 0.15) is 47.2 Å². The first-order chi connectivity index (χ1) is 35.4. The second-order valence-corrected chi connectivity index (χ2v) is 25.6. The fourth-order valence-corrected chi connectivity index (χ4v) is 12.1. The van der Waals surface area contributed by atoms with Gasteiger partial charge in [0.2, 0.25) is 17.2 Å². The number of fused-ring (bicyclic) bond motifs is 2. The topological polar surface area (TPSA) is 528 Å². The van der Waals surface area contributed by atoms with Gasteiger partial charge in [-0.15, -0.1) is 20.5 Å². The maximum atomic E-state index is 12.8.